The molecule has 1 aromatic heterocycles. The van der Waals surface area contributed by atoms with Crippen LogP contribution in [0.4, 0.5) is 5.69 Å². The van der Waals surface area contributed by atoms with Gasteiger partial charge in [-0.2, -0.15) is 0 Å². The minimum atomic E-state index is 0.366. The number of nitrogens with one attached hydrogen (secondary N) is 1. The van der Waals surface area contributed by atoms with Gasteiger partial charge in [-0.05, 0) is 51.3 Å². The van der Waals surface area contributed by atoms with E-state index in [1.165, 1.54) is 18.5 Å². The lowest BCUT2D eigenvalue weighted by atomic mass is 10.1. The SMILES string of the molecule is CCC(NC)c1ccc(N(C)C(C)C2CC2)cn1. The first-order valence-corrected chi connectivity index (χ1v) is 7.03. The summed E-state index contributed by atoms with van der Waals surface area (Å²) in [5.41, 5.74) is 2.36. The summed E-state index contributed by atoms with van der Waals surface area (Å²) in [6.45, 7) is 4.49. The van der Waals surface area contributed by atoms with Crippen molar-refractivity contribution in [3.63, 3.8) is 0 Å². The third-order valence-corrected chi connectivity index (χ3v) is 4.21. The Labute approximate surface area is 111 Å². The fourth-order valence-corrected chi connectivity index (χ4v) is 2.50. The van der Waals surface area contributed by atoms with Crippen molar-refractivity contribution in [2.75, 3.05) is 19.0 Å². The van der Waals surface area contributed by atoms with E-state index >= 15 is 0 Å². The van der Waals surface area contributed by atoms with Crippen molar-refractivity contribution < 1.29 is 0 Å². The quantitative estimate of drug-likeness (QED) is 0.837. The molecule has 1 heterocycles. The highest BCUT2D eigenvalue weighted by atomic mass is 15.1. The maximum Gasteiger partial charge on any atom is 0.0574 e. The first-order chi connectivity index (χ1) is 8.67. The molecule has 0 aliphatic heterocycles. The molecular formula is C15H25N3. The lowest BCUT2D eigenvalue weighted by Gasteiger charge is -2.27. The van der Waals surface area contributed by atoms with E-state index in [9.17, 15) is 0 Å². The van der Waals surface area contributed by atoms with Gasteiger partial charge in [0, 0.05) is 19.1 Å². The molecule has 0 amide bonds. The molecule has 1 aliphatic rings. The molecule has 18 heavy (non-hydrogen) atoms. The van der Waals surface area contributed by atoms with Gasteiger partial charge in [0.1, 0.15) is 0 Å². The lowest BCUT2D eigenvalue weighted by molar-refractivity contribution is 0.560. The number of hydrogen-bond donors (Lipinski definition) is 1. The molecule has 1 N–H and O–H groups in total. The van der Waals surface area contributed by atoms with E-state index in [0.29, 0.717) is 12.1 Å². The Morgan fingerprint density at radius 1 is 1.44 bits per heavy atom. The minimum absolute atomic E-state index is 0.366. The molecule has 100 valence electrons. The minimum Gasteiger partial charge on any atom is -0.370 e. The summed E-state index contributed by atoms with van der Waals surface area (Å²) in [5, 5.41) is 3.29. The van der Waals surface area contributed by atoms with Gasteiger partial charge in [0.15, 0.2) is 0 Å². The summed E-state index contributed by atoms with van der Waals surface area (Å²) in [6.07, 6.45) is 5.84. The number of nitrogens with zero attached hydrogens (tertiary/aromatic N) is 2. The fourth-order valence-electron chi connectivity index (χ4n) is 2.50. The summed E-state index contributed by atoms with van der Waals surface area (Å²) in [7, 11) is 4.17. The molecule has 0 saturated heterocycles. The first kappa shape index (κ1) is 13.3. The smallest absolute Gasteiger partial charge is 0.0574 e. The van der Waals surface area contributed by atoms with Crippen LogP contribution in [0.25, 0.3) is 0 Å². The lowest BCUT2D eigenvalue weighted by Crippen LogP contribution is -2.30. The second kappa shape index (κ2) is 5.70. The van der Waals surface area contributed by atoms with E-state index in [1.54, 1.807) is 0 Å². The monoisotopic (exact) mass is 247 g/mol. The van der Waals surface area contributed by atoms with Crippen LogP contribution in [-0.4, -0.2) is 25.1 Å². The molecule has 2 atom stereocenters. The molecule has 2 rings (SSSR count). The van der Waals surface area contributed by atoms with Gasteiger partial charge in [-0.3, -0.25) is 4.98 Å². The molecular weight excluding hydrogens is 222 g/mol. The van der Waals surface area contributed by atoms with E-state index in [-0.39, 0.29) is 0 Å². The third-order valence-electron chi connectivity index (χ3n) is 4.21. The van der Waals surface area contributed by atoms with Crippen molar-refractivity contribution in [2.24, 2.45) is 5.92 Å². The molecule has 2 unspecified atom stereocenters. The largest absolute Gasteiger partial charge is 0.370 e. The van der Waals surface area contributed by atoms with Crippen LogP contribution in [0.2, 0.25) is 0 Å². The second-order valence-electron chi connectivity index (χ2n) is 5.38. The Morgan fingerprint density at radius 2 is 2.17 bits per heavy atom. The van der Waals surface area contributed by atoms with E-state index in [0.717, 1.165) is 18.0 Å². The molecule has 1 saturated carbocycles. The van der Waals surface area contributed by atoms with Gasteiger partial charge in [-0.15, -0.1) is 0 Å². The summed E-state index contributed by atoms with van der Waals surface area (Å²) >= 11 is 0. The Balaban J connectivity index is 2.06. The number of anilines is 1. The zero-order valence-corrected chi connectivity index (χ0v) is 12.0. The zero-order chi connectivity index (χ0) is 13.1. The number of pyridine rings is 1. The van der Waals surface area contributed by atoms with E-state index in [1.807, 2.05) is 13.2 Å². The highest BCUT2D eigenvalue weighted by Crippen LogP contribution is 2.36. The van der Waals surface area contributed by atoms with Crippen LogP contribution >= 0.6 is 0 Å². The summed E-state index contributed by atoms with van der Waals surface area (Å²) in [4.78, 5) is 6.96. The number of rotatable bonds is 6. The average Bonchev–Trinajstić information content (AvgIpc) is 3.24. The van der Waals surface area contributed by atoms with Crippen LogP contribution in [0.5, 0.6) is 0 Å². The maximum absolute atomic E-state index is 4.60. The van der Waals surface area contributed by atoms with Crippen LogP contribution in [-0.2, 0) is 0 Å². The molecule has 0 aromatic carbocycles. The molecule has 0 radical (unpaired) electrons. The normalized spacial score (nSPS) is 18.4. The van der Waals surface area contributed by atoms with Crippen LogP contribution in [0.1, 0.15) is 44.8 Å². The fraction of sp³-hybridized carbons (Fsp3) is 0.667. The highest BCUT2D eigenvalue weighted by Gasteiger charge is 2.30. The number of aromatic nitrogens is 1. The molecule has 1 aromatic rings. The summed E-state index contributed by atoms with van der Waals surface area (Å²) in [5.74, 6) is 0.885. The second-order valence-corrected chi connectivity index (χ2v) is 5.38. The topological polar surface area (TPSA) is 28.2 Å². The molecule has 3 heteroatoms. The summed E-state index contributed by atoms with van der Waals surface area (Å²) < 4.78 is 0. The van der Waals surface area contributed by atoms with Crippen molar-refractivity contribution in [2.45, 2.75) is 45.2 Å². The number of hydrogen-bond acceptors (Lipinski definition) is 3. The van der Waals surface area contributed by atoms with Gasteiger partial charge in [-0.25, -0.2) is 0 Å². The van der Waals surface area contributed by atoms with Gasteiger partial charge in [0.2, 0.25) is 0 Å². The van der Waals surface area contributed by atoms with Crippen LogP contribution in [0, 0.1) is 5.92 Å². The van der Waals surface area contributed by atoms with Crippen LogP contribution in [0.15, 0.2) is 18.3 Å². The highest BCUT2D eigenvalue weighted by molar-refractivity contribution is 5.45. The van der Waals surface area contributed by atoms with Gasteiger partial charge in [-0.1, -0.05) is 6.92 Å². The van der Waals surface area contributed by atoms with E-state index < -0.39 is 0 Å². The maximum atomic E-state index is 4.60. The van der Waals surface area contributed by atoms with Crippen molar-refractivity contribution in [1.82, 2.24) is 10.3 Å². The Morgan fingerprint density at radius 3 is 2.61 bits per heavy atom. The molecule has 0 bridgehead atoms. The van der Waals surface area contributed by atoms with Crippen molar-refractivity contribution in [3.05, 3.63) is 24.0 Å². The zero-order valence-electron chi connectivity index (χ0n) is 12.0. The first-order valence-electron chi connectivity index (χ1n) is 7.03. The van der Waals surface area contributed by atoms with E-state index in [2.05, 4.69) is 48.2 Å². The molecule has 0 spiro atoms. The third kappa shape index (κ3) is 2.83. The van der Waals surface area contributed by atoms with Gasteiger partial charge in [0.05, 0.1) is 17.6 Å². The Hall–Kier alpha value is -1.09. The predicted octanol–water partition coefficient (Wildman–Crippen LogP) is 2.99. The molecule has 1 fully saturated rings. The van der Waals surface area contributed by atoms with Gasteiger partial charge >= 0.3 is 0 Å². The van der Waals surface area contributed by atoms with Gasteiger partial charge < -0.3 is 10.2 Å². The Bertz CT molecular complexity index is 366. The van der Waals surface area contributed by atoms with Gasteiger partial charge in [0.25, 0.3) is 0 Å². The molecule has 3 nitrogen and oxygen atoms in total. The van der Waals surface area contributed by atoms with E-state index in [4.69, 9.17) is 0 Å². The van der Waals surface area contributed by atoms with Crippen LogP contribution in [0.3, 0.4) is 0 Å². The van der Waals surface area contributed by atoms with Crippen molar-refractivity contribution in [3.8, 4) is 0 Å². The summed E-state index contributed by atoms with van der Waals surface area (Å²) in [6, 6.07) is 5.34. The van der Waals surface area contributed by atoms with Crippen molar-refractivity contribution in [1.29, 1.82) is 0 Å². The predicted molar refractivity (Wildman–Crippen MR) is 76.9 cm³/mol. The van der Waals surface area contributed by atoms with Crippen molar-refractivity contribution >= 4 is 5.69 Å². The standard InChI is InChI=1S/C15H25N3/c1-5-14(16-3)15-9-8-13(10-17-15)18(4)11(2)12-6-7-12/h8-12,14,16H,5-7H2,1-4H3. The average molecular weight is 247 g/mol. The molecule has 1 aliphatic carbocycles. The van der Waals surface area contributed by atoms with Crippen LogP contribution < -0.4 is 10.2 Å². The Kier molecular flexibility index (Phi) is 4.23.